The summed E-state index contributed by atoms with van der Waals surface area (Å²) in [7, 11) is 0. The van der Waals surface area contributed by atoms with Gasteiger partial charge >= 0.3 is 0 Å². The summed E-state index contributed by atoms with van der Waals surface area (Å²) in [5, 5.41) is 2.90. The van der Waals surface area contributed by atoms with E-state index in [9.17, 15) is 4.79 Å². The molecule has 0 aliphatic rings. The second kappa shape index (κ2) is 13.4. The second-order valence-corrected chi connectivity index (χ2v) is 6.77. The number of nitrogens with one attached hydrogen (secondary N) is 1. The second-order valence-electron chi connectivity index (χ2n) is 6.33. The molecule has 0 aromatic heterocycles. The van der Waals surface area contributed by atoms with Gasteiger partial charge in [0.05, 0.1) is 10.6 Å². The Labute approximate surface area is 147 Å². The number of amides is 1. The van der Waals surface area contributed by atoms with Gasteiger partial charge in [0.25, 0.3) is 0 Å². The predicted molar refractivity (Wildman–Crippen MR) is 102 cm³/mol. The molecule has 0 aliphatic carbocycles. The van der Waals surface area contributed by atoms with Gasteiger partial charge in [-0.1, -0.05) is 95.9 Å². The van der Waals surface area contributed by atoms with Gasteiger partial charge in [-0.15, -0.1) is 0 Å². The van der Waals surface area contributed by atoms with Crippen molar-refractivity contribution < 1.29 is 4.79 Å². The van der Waals surface area contributed by atoms with Crippen molar-refractivity contribution in [3.63, 3.8) is 0 Å². The Morgan fingerprint density at radius 3 is 1.96 bits per heavy atom. The van der Waals surface area contributed by atoms with Gasteiger partial charge in [-0.2, -0.15) is 0 Å². The Morgan fingerprint density at radius 1 is 0.870 bits per heavy atom. The summed E-state index contributed by atoms with van der Waals surface area (Å²) in [5.41, 5.74) is 0.760. The molecule has 0 unspecified atom stereocenters. The van der Waals surface area contributed by atoms with Crippen molar-refractivity contribution in [3.8, 4) is 0 Å². The van der Waals surface area contributed by atoms with E-state index in [1.54, 1.807) is 0 Å². The van der Waals surface area contributed by atoms with Gasteiger partial charge in [0.1, 0.15) is 0 Å². The quantitative estimate of drug-likeness (QED) is 0.391. The van der Waals surface area contributed by atoms with Gasteiger partial charge in [0, 0.05) is 6.42 Å². The minimum Gasteiger partial charge on any atom is -0.325 e. The first-order valence-corrected chi connectivity index (χ1v) is 9.70. The molecule has 0 aliphatic heterocycles. The lowest BCUT2D eigenvalue weighted by atomic mass is 10.1. The van der Waals surface area contributed by atoms with Crippen LogP contribution >= 0.6 is 12.6 Å². The molecular weight excluding hydrogens is 302 g/mol. The first-order chi connectivity index (χ1) is 11.2. The molecule has 0 saturated heterocycles. The molecule has 3 heteroatoms. The van der Waals surface area contributed by atoms with Crippen molar-refractivity contribution in [1.29, 1.82) is 0 Å². The van der Waals surface area contributed by atoms with E-state index in [4.69, 9.17) is 12.6 Å². The Bertz CT molecular complexity index is 433. The largest absolute Gasteiger partial charge is 0.325 e. The highest BCUT2D eigenvalue weighted by atomic mass is 32.1. The van der Waals surface area contributed by atoms with Gasteiger partial charge in [-0.05, 0) is 18.6 Å². The first kappa shape index (κ1) is 20.0. The zero-order chi connectivity index (χ0) is 16.8. The highest BCUT2D eigenvalue weighted by Gasteiger charge is 2.04. The van der Waals surface area contributed by atoms with Crippen LogP contribution in [0.2, 0.25) is 0 Å². The third kappa shape index (κ3) is 10.3. The summed E-state index contributed by atoms with van der Waals surface area (Å²) in [6, 6.07) is 7.49. The summed E-state index contributed by atoms with van der Waals surface area (Å²) in [6.07, 6.45) is 14.9. The Balaban J connectivity index is 1.93. The van der Waals surface area contributed by atoms with Crippen LogP contribution < -0.4 is 5.32 Å². The Hall–Kier alpha value is -1.09. The van der Waals surface area contributed by atoms with Crippen LogP contribution in [0.1, 0.15) is 84.0 Å². The fourth-order valence-corrected chi connectivity index (χ4v) is 2.93. The molecule has 1 aromatic rings. The number of unbranched alkanes of at least 4 members (excludes halogenated alkanes) is 10. The lowest BCUT2D eigenvalue weighted by Gasteiger charge is -2.07. The standard InChI is InChI=1S/C20H32NOS/c1-2-3-4-5-6-7-8-9-10-11-12-17-20(22)21-18-15-13-14-16-19(18)23/h13-16H,2-12,17H2,1H3,(H,21,22). The van der Waals surface area contributed by atoms with E-state index in [0.29, 0.717) is 11.3 Å². The Kier molecular flexibility index (Phi) is 11.6. The van der Waals surface area contributed by atoms with E-state index in [2.05, 4.69) is 12.2 Å². The summed E-state index contributed by atoms with van der Waals surface area (Å²) >= 11 is 5.18. The molecule has 1 aromatic carbocycles. The fraction of sp³-hybridized carbons (Fsp3) is 0.650. The van der Waals surface area contributed by atoms with Crippen molar-refractivity contribution in [1.82, 2.24) is 0 Å². The van der Waals surface area contributed by atoms with Gasteiger partial charge in [0.2, 0.25) is 5.91 Å². The maximum Gasteiger partial charge on any atom is 0.224 e. The van der Waals surface area contributed by atoms with Crippen LogP contribution in [-0.2, 0) is 4.79 Å². The first-order valence-electron chi connectivity index (χ1n) is 9.30. The van der Waals surface area contributed by atoms with Crippen LogP contribution in [0.4, 0.5) is 5.69 Å². The SMILES string of the molecule is CCCCCCCCCCCCCC(=O)Nc1ccccc1[S]. The summed E-state index contributed by atoms with van der Waals surface area (Å²) in [4.78, 5) is 12.6. The molecule has 129 valence electrons. The number of hydrogen-bond donors (Lipinski definition) is 1. The minimum absolute atomic E-state index is 0.0817. The summed E-state index contributed by atoms with van der Waals surface area (Å²) in [6.45, 7) is 2.26. The van der Waals surface area contributed by atoms with Crippen molar-refractivity contribution >= 4 is 24.2 Å². The average Bonchev–Trinajstić information content (AvgIpc) is 2.55. The predicted octanol–water partition coefficient (Wildman–Crippen LogP) is 6.88. The van der Waals surface area contributed by atoms with Crippen molar-refractivity contribution in [3.05, 3.63) is 24.3 Å². The monoisotopic (exact) mass is 334 g/mol. The van der Waals surface area contributed by atoms with E-state index in [1.807, 2.05) is 24.3 Å². The van der Waals surface area contributed by atoms with Gasteiger partial charge in [0.15, 0.2) is 0 Å². The molecule has 1 N–H and O–H groups in total. The molecule has 0 fully saturated rings. The lowest BCUT2D eigenvalue weighted by Crippen LogP contribution is -2.11. The number of carbonyl (C=O) groups excluding carboxylic acids is 1. The normalized spacial score (nSPS) is 10.7. The molecular formula is C20H32NOS. The van der Waals surface area contributed by atoms with Crippen molar-refractivity contribution in [2.24, 2.45) is 0 Å². The molecule has 1 rings (SSSR count). The van der Waals surface area contributed by atoms with Crippen LogP contribution in [0, 0.1) is 0 Å². The minimum atomic E-state index is 0.0817. The molecule has 0 bridgehead atoms. The van der Waals surface area contributed by atoms with E-state index in [0.717, 1.165) is 18.5 Å². The highest BCUT2D eigenvalue weighted by Crippen LogP contribution is 2.19. The summed E-state index contributed by atoms with van der Waals surface area (Å²) < 4.78 is 0. The number of carbonyl (C=O) groups is 1. The smallest absolute Gasteiger partial charge is 0.224 e. The Morgan fingerprint density at radius 2 is 1.39 bits per heavy atom. The average molecular weight is 335 g/mol. The van der Waals surface area contributed by atoms with Crippen molar-refractivity contribution in [2.45, 2.75) is 88.9 Å². The number of hydrogen-bond acceptors (Lipinski definition) is 1. The molecule has 1 radical (unpaired) electrons. The van der Waals surface area contributed by atoms with Gasteiger partial charge < -0.3 is 5.32 Å². The molecule has 1 amide bonds. The van der Waals surface area contributed by atoms with Crippen LogP contribution in [-0.4, -0.2) is 5.91 Å². The van der Waals surface area contributed by atoms with E-state index >= 15 is 0 Å². The van der Waals surface area contributed by atoms with Crippen LogP contribution in [0.25, 0.3) is 0 Å². The molecule has 0 spiro atoms. The molecule has 0 heterocycles. The van der Waals surface area contributed by atoms with Crippen LogP contribution in [0.15, 0.2) is 29.2 Å². The molecule has 2 nitrogen and oxygen atoms in total. The van der Waals surface area contributed by atoms with Crippen molar-refractivity contribution in [2.75, 3.05) is 5.32 Å². The maximum atomic E-state index is 11.9. The maximum absolute atomic E-state index is 11.9. The molecule has 0 atom stereocenters. The summed E-state index contributed by atoms with van der Waals surface area (Å²) in [5.74, 6) is 0.0817. The van der Waals surface area contributed by atoms with E-state index in [-0.39, 0.29) is 5.91 Å². The van der Waals surface area contributed by atoms with E-state index in [1.165, 1.54) is 57.8 Å². The third-order valence-electron chi connectivity index (χ3n) is 4.17. The van der Waals surface area contributed by atoms with Gasteiger partial charge in [-0.25, -0.2) is 0 Å². The molecule has 0 saturated carbocycles. The third-order valence-corrected chi connectivity index (χ3v) is 4.52. The van der Waals surface area contributed by atoms with Gasteiger partial charge in [-0.3, -0.25) is 4.79 Å². The topological polar surface area (TPSA) is 29.1 Å². The lowest BCUT2D eigenvalue weighted by molar-refractivity contribution is -0.116. The van der Waals surface area contributed by atoms with Crippen LogP contribution in [0.5, 0.6) is 0 Å². The number of rotatable bonds is 13. The number of para-hydroxylation sites is 1. The molecule has 23 heavy (non-hydrogen) atoms. The van der Waals surface area contributed by atoms with E-state index < -0.39 is 0 Å². The zero-order valence-electron chi connectivity index (χ0n) is 14.6. The fourth-order valence-electron chi connectivity index (χ4n) is 2.73. The van der Waals surface area contributed by atoms with Crippen LogP contribution in [0.3, 0.4) is 0 Å². The highest BCUT2D eigenvalue weighted by molar-refractivity contribution is 7.80. The zero-order valence-corrected chi connectivity index (χ0v) is 15.4. The number of anilines is 1. The number of benzene rings is 1.